The van der Waals surface area contributed by atoms with Crippen LogP contribution in [-0.2, 0) is 9.59 Å². The summed E-state index contributed by atoms with van der Waals surface area (Å²) in [6, 6.07) is 14.4. The quantitative estimate of drug-likeness (QED) is 0.268. The molecule has 1 fully saturated rings. The number of nitrogens with zero attached hydrogens (tertiary/aromatic N) is 3. The van der Waals surface area contributed by atoms with Crippen molar-refractivity contribution in [3.8, 4) is 5.75 Å². The molecular formula is C24H17ClN4O4. The van der Waals surface area contributed by atoms with Crippen LogP contribution in [-0.4, -0.2) is 38.9 Å². The average molecular weight is 461 g/mol. The van der Waals surface area contributed by atoms with E-state index in [1.54, 1.807) is 36.5 Å². The van der Waals surface area contributed by atoms with Crippen molar-refractivity contribution in [1.29, 1.82) is 0 Å². The number of aliphatic hydroxyl groups excluding tert-OH is 1. The van der Waals surface area contributed by atoms with Crippen LogP contribution in [0.3, 0.4) is 0 Å². The third-order valence-electron chi connectivity index (χ3n) is 5.47. The molecular weight excluding hydrogens is 444 g/mol. The maximum Gasteiger partial charge on any atom is 0.302 e. The molecule has 8 nitrogen and oxygen atoms in total. The van der Waals surface area contributed by atoms with E-state index in [9.17, 15) is 14.7 Å². The second-order valence-corrected chi connectivity index (χ2v) is 7.81. The Morgan fingerprint density at radius 2 is 1.97 bits per heavy atom. The number of halogens is 1. The van der Waals surface area contributed by atoms with Crippen LogP contribution in [0, 0.1) is 0 Å². The van der Waals surface area contributed by atoms with Crippen molar-refractivity contribution in [2.45, 2.75) is 6.04 Å². The lowest BCUT2D eigenvalue weighted by Crippen LogP contribution is -2.30. The van der Waals surface area contributed by atoms with Crippen LogP contribution in [0.5, 0.6) is 5.75 Å². The summed E-state index contributed by atoms with van der Waals surface area (Å²) >= 11 is 6.14. The van der Waals surface area contributed by atoms with Crippen LogP contribution in [0.1, 0.15) is 17.2 Å². The van der Waals surface area contributed by atoms with Gasteiger partial charge in [0, 0.05) is 17.4 Å². The van der Waals surface area contributed by atoms with Gasteiger partial charge in [0.1, 0.15) is 11.5 Å². The largest absolute Gasteiger partial charge is 0.507 e. The van der Waals surface area contributed by atoms with Crippen LogP contribution in [0.15, 0.2) is 72.6 Å². The highest BCUT2D eigenvalue weighted by atomic mass is 35.5. The molecule has 5 rings (SSSR count). The number of H-pyrrole nitrogens is 1. The minimum Gasteiger partial charge on any atom is -0.507 e. The number of ketones is 1. The molecule has 0 radical (unpaired) electrons. The van der Waals surface area contributed by atoms with E-state index in [-0.39, 0.29) is 17.1 Å². The Hall–Kier alpha value is -4.17. The van der Waals surface area contributed by atoms with E-state index >= 15 is 0 Å². The van der Waals surface area contributed by atoms with Gasteiger partial charge in [-0.3, -0.25) is 19.5 Å². The van der Waals surface area contributed by atoms with Gasteiger partial charge in [0.05, 0.1) is 35.3 Å². The number of methoxy groups -OCH3 is 1. The molecule has 164 valence electrons. The Labute approximate surface area is 193 Å². The Balaban J connectivity index is 1.76. The zero-order chi connectivity index (χ0) is 23.1. The SMILES string of the molecule is COc1ccc(Cl)cc1/C(O)=C1\C(=O)C(=O)N(c2nc3ccccc3[nH]2)C1c1cccnc1. The van der Waals surface area contributed by atoms with Gasteiger partial charge >= 0.3 is 5.91 Å². The molecule has 9 heteroatoms. The maximum atomic E-state index is 13.2. The Morgan fingerprint density at radius 3 is 2.70 bits per heavy atom. The highest BCUT2D eigenvalue weighted by Gasteiger charge is 2.48. The predicted octanol–water partition coefficient (Wildman–Crippen LogP) is 4.25. The molecule has 1 atom stereocenters. The van der Waals surface area contributed by atoms with Crippen molar-refractivity contribution >= 4 is 46.0 Å². The predicted molar refractivity (Wildman–Crippen MR) is 123 cm³/mol. The maximum absolute atomic E-state index is 13.2. The number of benzene rings is 2. The van der Waals surface area contributed by atoms with Crippen LogP contribution >= 0.6 is 11.6 Å². The molecule has 33 heavy (non-hydrogen) atoms. The lowest BCUT2D eigenvalue weighted by molar-refractivity contribution is -0.132. The second-order valence-electron chi connectivity index (χ2n) is 7.38. The summed E-state index contributed by atoms with van der Waals surface area (Å²) in [7, 11) is 1.44. The third-order valence-corrected chi connectivity index (χ3v) is 5.70. The molecule has 3 heterocycles. The van der Waals surface area contributed by atoms with E-state index in [4.69, 9.17) is 16.3 Å². The first kappa shape index (κ1) is 20.7. The summed E-state index contributed by atoms with van der Waals surface area (Å²) in [5, 5.41) is 11.6. The fourth-order valence-corrected chi connectivity index (χ4v) is 4.14. The fraction of sp³-hybridized carbons (Fsp3) is 0.0833. The molecule has 1 amide bonds. The van der Waals surface area contributed by atoms with Crippen LogP contribution < -0.4 is 9.64 Å². The summed E-state index contributed by atoms with van der Waals surface area (Å²) in [6.07, 6.45) is 3.12. The van der Waals surface area contributed by atoms with E-state index in [1.165, 1.54) is 24.3 Å². The van der Waals surface area contributed by atoms with E-state index in [0.717, 1.165) is 0 Å². The number of aromatic nitrogens is 3. The Kier molecular flexibility index (Phi) is 5.07. The van der Waals surface area contributed by atoms with Crippen molar-refractivity contribution in [3.05, 3.63) is 88.7 Å². The number of fused-ring (bicyclic) bond motifs is 1. The molecule has 0 aliphatic carbocycles. The zero-order valence-corrected chi connectivity index (χ0v) is 18.1. The summed E-state index contributed by atoms with van der Waals surface area (Å²) < 4.78 is 5.34. The normalized spacial score (nSPS) is 17.6. The average Bonchev–Trinajstić information content (AvgIpc) is 3.37. The number of para-hydroxylation sites is 2. The monoisotopic (exact) mass is 460 g/mol. The van der Waals surface area contributed by atoms with Gasteiger partial charge < -0.3 is 14.8 Å². The van der Waals surface area contributed by atoms with Crippen molar-refractivity contribution in [2.24, 2.45) is 0 Å². The first-order valence-electron chi connectivity index (χ1n) is 9.99. The number of aromatic amines is 1. The van der Waals surface area contributed by atoms with Crippen LogP contribution in [0.2, 0.25) is 5.02 Å². The highest BCUT2D eigenvalue weighted by Crippen LogP contribution is 2.43. The first-order chi connectivity index (χ1) is 16.0. The van der Waals surface area contributed by atoms with Gasteiger partial charge in [-0.1, -0.05) is 29.8 Å². The van der Waals surface area contributed by atoms with Crippen molar-refractivity contribution < 1.29 is 19.4 Å². The van der Waals surface area contributed by atoms with Gasteiger partial charge in [-0.2, -0.15) is 0 Å². The summed E-state index contributed by atoms with van der Waals surface area (Å²) in [5.74, 6) is -1.60. The van der Waals surface area contributed by atoms with E-state index in [0.29, 0.717) is 27.4 Å². The number of pyridine rings is 1. The number of anilines is 1. The second kappa shape index (κ2) is 8.07. The minimum absolute atomic E-state index is 0.117. The number of hydrogen-bond donors (Lipinski definition) is 2. The van der Waals surface area contributed by atoms with Gasteiger partial charge in [0.15, 0.2) is 0 Å². The van der Waals surface area contributed by atoms with Gasteiger partial charge in [-0.25, -0.2) is 4.98 Å². The van der Waals surface area contributed by atoms with Crippen molar-refractivity contribution in [3.63, 3.8) is 0 Å². The number of carbonyl (C=O) groups is 2. The number of amides is 1. The van der Waals surface area contributed by atoms with Crippen LogP contribution in [0.25, 0.3) is 16.8 Å². The standard InChI is InChI=1S/C24H17ClN4O4/c1-33-18-9-8-14(25)11-15(18)21(30)19-20(13-5-4-10-26-12-13)29(23(32)22(19)31)24-27-16-6-2-3-7-17(16)28-24/h2-12,20,30H,1H3,(H,27,28)/b21-19+. The van der Waals surface area contributed by atoms with Crippen molar-refractivity contribution in [2.75, 3.05) is 12.0 Å². The van der Waals surface area contributed by atoms with Gasteiger partial charge in [0.2, 0.25) is 5.95 Å². The van der Waals surface area contributed by atoms with Crippen LogP contribution in [0.4, 0.5) is 5.95 Å². The molecule has 1 unspecified atom stereocenters. The topological polar surface area (TPSA) is 108 Å². The molecule has 2 aromatic heterocycles. The number of rotatable bonds is 4. The molecule has 0 bridgehead atoms. The molecule has 1 aliphatic heterocycles. The first-order valence-corrected chi connectivity index (χ1v) is 10.4. The lowest BCUT2D eigenvalue weighted by atomic mass is 9.96. The minimum atomic E-state index is -0.969. The number of Topliss-reactive ketones (excluding diaryl/α,β-unsaturated/α-hetero) is 1. The smallest absolute Gasteiger partial charge is 0.302 e. The Morgan fingerprint density at radius 1 is 1.15 bits per heavy atom. The molecule has 0 saturated carbocycles. The molecule has 2 aromatic carbocycles. The highest BCUT2D eigenvalue weighted by molar-refractivity contribution is 6.51. The van der Waals surface area contributed by atoms with Gasteiger partial charge in [-0.15, -0.1) is 0 Å². The molecule has 1 aliphatic rings. The van der Waals surface area contributed by atoms with E-state index in [2.05, 4.69) is 15.0 Å². The van der Waals surface area contributed by atoms with Gasteiger partial charge in [-0.05, 0) is 42.0 Å². The lowest BCUT2D eigenvalue weighted by Gasteiger charge is -2.22. The third kappa shape index (κ3) is 3.41. The number of hydrogen-bond acceptors (Lipinski definition) is 6. The molecule has 0 spiro atoms. The summed E-state index contributed by atoms with van der Waals surface area (Å²) in [4.78, 5) is 39.4. The van der Waals surface area contributed by atoms with Crippen molar-refractivity contribution in [1.82, 2.24) is 15.0 Å². The molecule has 1 saturated heterocycles. The zero-order valence-electron chi connectivity index (χ0n) is 17.3. The Bertz CT molecular complexity index is 1400. The number of ether oxygens (including phenoxy) is 1. The fourth-order valence-electron chi connectivity index (χ4n) is 3.97. The number of imidazole rings is 1. The number of aliphatic hydroxyl groups is 1. The number of carbonyl (C=O) groups excluding carboxylic acids is 2. The molecule has 2 N–H and O–H groups in total. The van der Waals surface area contributed by atoms with E-state index in [1.807, 2.05) is 18.2 Å². The number of nitrogens with one attached hydrogen (secondary N) is 1. The van der Waals surface area contributed by atoms with Gasteiger partial charge in [0.25, 0.3) is 5.78 Å². The summed E-state index contributed by atoms with van der Waals surface area (Å²) in [5.41, 5.74) is 1.95. The van der Waals surface area contributed by atoms with E-state index < -0.39 is 23.5 Å². The molecule has 4 aromatic rings. The summed E-state index contributed by atoms with van der Waals surface area (Å²) in [6.45, 7) is 0.